The van der Waals surface area contributed by atoms with Gasteiger partial charge in [0.15, 0.2) is 0 Å². The smallest absolute Gasteiger partial charge is 0.0901 e. The van der Waals surface area contributed by atoms with E-state index in [1.165, 1.54) is 11.3 Å². The Hall–Kier alpha value is -1.64. The third-order valence-corrected chi connectivity index (χ3v) is 3.01. The van der Waals surface area contributed by atoms with Crippen LogP contribution >= 0.6 is 0 Å². The number of hydrazone groups is 1. The zero-order valence-corrected chi connectivity index (χ0v) is 9.48. The molecule has 2 aliphatic rings. The molecule has 0 radical (unpaired) electrons. The molecule has 2 heterocycles. The van der Waals surface area contributed by atoms with Crippen LogP contribution in [-0.2, 0) is 0 Å². The molecular weight excluding hydrogens is 198 g/mol. The van der Waals surface area contributed by atoms with Gasteiger partial charge in [0.1, 0.15) is 0 Å². The van der Waals surface area contributed by atoms with Crippen LogP contribution in [0.5, 0.6) is 0 Å². The van der Waals surface area contributed by atoms with Gasteiger partial charge in [-0.3, -0.25) is 10.0 Å². The Balaban J connectivity index is 2.12. The first-order valence-corrected chi connectivity index (χ1v) is 5.89. The van der Waals surface area contributed by atoms with Crippen LogP contribution in [-0.4, -0.2) is 24.5 Å². The molecule has 0 saturated carbocycles. The monoisotopic (exact) mass is 213 g/mol. The highest BCUT2D eigenvalue weighted by Gasteiger charge is 2.26. The van der Waals surface area contributed by atoms with Crippen molar-refractivity contribution in [3.63, 3.8) is 0 Å². The van der Waals surface area contributed by atoms with Crippen molar-refractivity contribution in [2.45, 2.75) is 19.8 Å². The van der Waals surface area contributed by atoms with Gasteiger partial charge < -0.3 is 0 Å². The maximum absolute atomic E-state index is 4.69. The molecular formula is C13H15N3. The molecule has 0 N–H and O–H groups in total. The number of aliphatic imine (C=N–C) groups is 1. The van der Waals surface area contributed by atoms with Crippen LogP contribution in [0.1, 0.15) is 25.3 Å². The Labute approximate surface area is 95.5 Å². The third-order valence-electron chi connectivity index (χ3n) is 3.01. The molecule has 1 aromatic rings. The van der Waals surface area contributed by atoms with Gasteiger partial charge in [-0.1, -0.05) is 25.1 Å². The minimum absolute atomic E-state index is 0.891. The molecule has 3 rings (SSSR count). The van der Waals surface area contributed by atoms with Crippen molar-refractivity contribution in [3.05, 3.63) is 29.8 Å². The molecule has 0 saturated heterocycles. The van der Waals surface area contributed by atoms with E-state index in [2.05, 4.69) is 41.2 Å². The van der Waals surface area contributed by atoms with E-state index in [9.17, 15) is 0 Å². The average Bonchev–Trinajstić information content (AvgIpc) is 2.78. The van der Waals surface area contributed by atoms with E-state index < -0.39 is 0 Å². The van der Waals surface area contributed by atoms with Gasteiger partial charge in [-0.2, -0.15) is 5.10 Å². The summed E-state index contributed by atoms with van der Waals surface area (Å²) in [5, 5.41) is 6.81. The van der Waals surface area contributed by atoms with Gasteiger partial charge in [0.25, 0.3) is 0 Å². The van der Waals surface area contributed by atoms with Crippen molar-refractivity contribution in [3.8, 4) is 0 Å². The molecule has 1 aromatic carbocycles. The highest BCUT2D eigenvalue weighted by molar-refractivity contribution is 6.51. The Kier molecular flexibility index (Phi) is 2.24. The van der Waals surface area contributed by atoms with Crippen molar-refractivity contribution in [1.82, 2.24) is 0 Å². The summed E-state index contributed by atoms with van der Waals surface area (Å²) >= 11 is 0. The lowest BCUT2D eigenvalue weighted by molar-refractivity contribution is 0.802. The molecule has 0 unspecified atom stereocenters. The summed E-state index contributed by atoms with van der Waals surface area (Å²) in [7, 11) is 0. The molecule has 0 bridgehead atoms. The van der Waals surface area contributed by atoms with E-state index in [1.54, 1.807) is 0 Å². The fourth-order valence-corrected chi connectivity index (χ4v) is 2.30. The Morgan fingerprint density at radius 1 is 1.31 bits per heavy atom. The molecule has 0 aliphatic carbocycles. The average molecular weight is 213 g/mol. The molecule has 0 spiro atoms. The van der Waals surface area contributed by atoms with Crippen LogP contribution in [0.2, 0.25) is 0 Å². The summed E-state index contributed by atoms with van der Waals surface area (Å²) < 4.78 is 0. The first-order valence-electron chi connectivity index (χ1n) is 5.89. The minimum Gasteiger partial charge on any atom is -0.282 e. The van der Waals surface area contributed by atoms with E-state index in [-0.39, 0.29) is 0 Å². The first kappa shape index (κ1) is 9.58. The summed E-state index contributed by atoms with van der Waals surface area (Å²) in [5.74, 6) is 0. The van der Waals surface area contributed by atoms with Gasteiger partial charge in [0, 0.05) is 25.1 Å². The number of rotatable bonds is 2. The fraction of sp³-hybridized carbons (Fsp3) is 0.385. The molecule has 3 nitrogen and oxygen atoms in total. The molecule has 0 aromatic heterocycles. The zero-order chi connectivity index (χ0) is 11.0. The van der Waals surface area contributed by atoms with Gasteiger partial charge in [-0.15, -0.1) is 0 Å². The molecule has 3 heteroatoms. The number of anilines is 1. The molecule has 0 atom stereocenters. The maximum atomic E-state index is 4.69. The van der Waals surface area contributed by atoms with E-state index >= 15 is 0 Å². The zero-order valence-electron chi connectivity index (χ0n) is 9.48. The standard InChI is InChI=1S/C13H15N3/c1-2-9-16-12-6-4-3-5-10(12)13-11(15-16)7-8-14-13/h3-6H,2,7-9H2,1H3. The SMILES string of the molecule is CCCN1N=C2CCN=C2c2ccccc21. The number of benzene rings is 1. The van der Waals surface area contributed by atoms with Gasteiger partial charge in [0.2, 0.25) is 0 Å². The molecule has 0 fully saturated rings. The largest absolute Gasteiger partial charge is 0.282 e. The fourth-order valence-electron chi connectivity index (χ4n) is 2.30. The van der Waals surface area contributed by atoms with Crippen molar-refractivity contribution in [1.29, 1.82) is 0 Å². The molecule has 16 heavy (non-hydrogen) atoms. The predicted octanol–water partition coefficient (Wildman–Crippen LogP) is 2.47. The first-order chi connectivity index (χ1) is 7.90. The van der Waals surface area contributed by atoms with E-state index in [0.29, 0.717) is 0 Å². The third kappa shape index (κ3) is 1.35. The highest BCUT2D eigenvalue weighted by Crippen LogP contribution is 2.28. The summed E-state index contributed by atoms with van der Waals surface area (Å²) in [5.41, 5.74) is 4.72. The number of hydrogen-bond acceptors (Lipinski definition) is 3. The van der Waals surface area contributed by atoms with Gasteiger partial charge in [-0.05, 0) is 12.5 Å². The normalized spacial score (nSPS) is 17.7. The van der Waals surface area contributed by atoms with Crippen LogP contribution in [0.4, 0.5) is 5.69 Å². The number of hydrogen-bond donors (Lipinski definition) is 0. The molecule has 82 valence electrons. The van der Waals surface area contributed by atoms with Crippen molar-refractivity contribution in [2.24, 2.45) is 10.1 Å². The van der Waals surface area contributed by atoms with Gasteiger partial charge in [0.05, 0.1) is 17.1 Å². The van der Waals surface area contributed by atoms with Crippen LogP contribution in [0.15, 0.2) is 34.4 Å². The maximum Gasteiger partial charge on any atom is 0.0901 e. The summed E-state index contributed by atoms with van der Waals surface area (Å²) in [6.07, 6.45) is 2.10. The highest BCUT2D eigenvalue weighted by atomic mass is 15.5. The van der Waals surface area contributed by atoms with E-state index in [1.807, 2.05) is 0 Å². The van der Waals surface area contributed by atoms with Crippen LogP contribution < -0.4 is 5.01 Å². The Bertz CT molecular complexity index is 474. The number of fused-ring (bicyclic) bond motifs is 3. The second-order valence-electron chi connectivity index (χ2n) is 4.17. The van der Waals surface area contributed by atoms with Crippen molar-refractivity contribution in [2.75, 3.05) is 18.1 Å². The van der Waals surface area contributed by atoms with Crippen LogP contribution in [0, 0.1) is 0 Å². The quantitative estimate of drug-likeness (QED) is 0.741. The lowest BCUT2D eigenvalue weighted by Gasteiger charge is -2.26. The second-order valence-corrected chi connectivity index (χ2v) is 4.17. The molecule has 2 aliphatic heterocycles. The Morgan fingerprint density at radius 3 is 3.06 bits per heavy atom. The van der Waals surface area contributed by atoms with Crippen LogP contribution in [0.25, 0.3) is 0 Å². The van der Waals surface area contributed by atoms with Gasteiger partial charge in [-0.25, -0.2) is 0 Å². The number of nitrogens with zero attached hydrogens (tertiary/aromatic N) is 3. The molecule has 0 amide bonds. The Morgan fingerprint density at radius 2 is 2.19 bits per heavy atom. The second kappa shape index (κ2) is 3.74. The van der Waals surface area contributed by atoms with Crippen LogP contribution in [0.3, 0.4) is 0 Å². The lowest BCUT2D eigenvalue weighted by Crippen LogP contribution is -2.29. The predicted molar refractivity (Wildman–Crippen MR) is 67.5 cm³/mol. The lowest BCUT2D eigenvalue weighted by atomic mass is 10.0. The van der Waals surface area contributed by atoms with E-state index in [4.69, 9.17) is 5.10 Å². The summed E-state index contributed by atoms with van der Waals surface area (Å²) in [4.78, 5) is 4.55. The topological polar surface area (TPSA) is 28.0 Å². The van der Waals surface area contributed by atoms with Gasteiger partial charge >= 0.3 is 0 Å². The summed E-state index contributed by atoms with van der Waals surface area (Å²) in [6, 6.07) is 8.42. The van der Waals surface area contributed by atoms with E-state index in [0.717, 1.165) is 37.4 Å². The van der Waals surface area contributed by atoms with Crippen molar-refractivity contribution < 1.29 is 0 Å². The summed E-state index contributed by atoms with van der Waals surface area (Å²) in [6.45, 7) is 4.05. The van der Waals surface area contributed by atoms with Crippen molar-refractivity contribution >= 4 is 17.1 Å². The minimum atomic E-state index is 0.891. The number of para-hydroxylation sites is 1.